The molecule has 15 nitrogen and oxygen atoms in total. The Hall–Kier alpha value is -5.89. The summed E-state index contributed by atoms with van der Waals surface area (Å²) in [4.78, 5) is 39.0. The number of fused-ring (bicyclic) bond motifs is 2. The first-order chi connectivity index (χ1) is 31.1. The Morgan fingerprint density at radius 3 is 2.45 bits per heavy atom. The number of piperazine rings is 1. The highest BCUT2D eigenvalue weighted by atomic mass is 35.5. The van der Waals surface area contributed by atoms with Gasteiger partial charge in [0.2, 0.25) is 5.88 Å². The summed E-state index contributed by atoms with van der Waals surface area (Å²) in [6.45, 7) is 3.64. The molecule has 0 spiro atoms. The van der Waals surface area contributed by atoms with E-state index in [1.807, 2.05) is 23.1 Å². The zero-order chi connectivity index (χ0) is 45.5. The first-order valence-corrected chi connectivity index (χ1v) is 23.2. The lowest BCUT2D eigenvalue weighted by Gasteiger charge is -2.38. The molecule has 2 fully saturated rings. The van der Waals surface area contributed by atoms with Gasteiger partial charge in [0.15, 0.2) is 0 Å². The van der Waals surface area contributed by atoms with E-state index in [1.54, 1.807) is 42.6 Å². The predicted molar refractivity (Wildman–Crippen MR) is 241 cm³/mol. The Labute approximate surface area is 377 Å². The summed E-state index contributed by atoms with van der Waals surface area (Å²) in [6, 6.07) is 19.0. The molecule has 5 aromatic rings. The van der Waals surface area contributed by atoms with E-state index in [1.165, 1.54) is 6.07 Å². The normalized spacial score (nSPS) is 18.8. The average Bonchev–Trinajstić information content (AvgIpc) is 3.76. The number of carbonyl (C=O) groups excluding carboxylic acids is 1. The Balaban J connectivity index is 0.976. The third-order valence-electron chi connectivity index (χ3n) is 12.5. The number of sulfonamides is 1. The van der Waals surface area contributed by atoms with E-state index in [-0.39, 0.29) is 76.3 Å². The second-order valence-corrected chi connectivity index (χ2v) is 18.9. The molecule has 0 radical (unpaired) electrons. The Bertz CT molecular complexity index is 2780. The number of nitrogens with zero attached hydrogens (tertiary/aromatic N) is 5. The standard InChI is InChI=1S/C45H46ClF3N8O7S/c46-32-3-1-29(2-4-32)36-26-45(48,49)11-9-31(36)27-54-15-17-55(18-16-54)33-5-7-35(38(24-33)56-19-22-64-43-40(56)23-30-10-14-50-41(30)52-43)42(58)53-65(61,62)34-6-8-37(39(25-34)57(59)60)51-28-44(47)12-20-63-21-13-44/h1-8,10,14,23-25,51H,9,11-13,15-22,26-28H2,(H,50,52)(H,53,58). The largest absolute Gasteiger partial charge is 0.474 e. The van der Waals surface area contributed by atoms with Gasteiger partial charge in [-0.3, -0.25) is 19.8 Å². The lowest BCUT2D eigenvalue weighted by molar-refractivity contribution is -0.384. The van der Waals surface area contributed by atoms with Crippen LogP contribution >= 0.6 is 11.6 Å². The summed E-state index contributed by atoms with van der Waals surface area (Å²) in [5.41, 5.74) is 2.35. The molecule has 1 aliphatic carbocycles. The van der Waals surface area contributed by atoms with Crippen molar-refractivity contribution in [1.29, 1.82) is 0 Å². The SMILES string of the molecule is O=C(NS(=O)(=O)c1ccc(NCC2(F)CCOCC2)c([N+](=O)[O-])c1)c1ccc(N2CCN(CC3=C(c4ccc(Cl)cc4)CC(F)(F)CC3)CC2)cc1N1CCOc2nc3[nH]ccc3cc21. The number of alkyl halides is 3. The van der Waals surface area contributed by atoms with Crippen molar-refractivity contribution < 1.29 is 40.8 Å². The number of hydrogen-bond acceptors (Lipinski definition) is 12. The number of allylic oxidation sites excluding steroid dienone is 1. The number of carbonyl (C=O) groups is 1. The molecule has 5 heterocycles. The molecule has 0 saturated carbocycles. The molecule has 65 heavy (non-hydrogen) atoms. The molecule has 0 bridgehead atoms. The van der Waals surface area contributed by atoms with Crippen molar-refractivity contribution in [3.8, 4) is 5.88 Å². The molecule has 0 atom stereocenters. The van der Waals surface area contributed by atoms with Crippen LogP contribution in [0.4, 0.5) is 41.6 Å². The van der Waals surface area contributed by atoms with E-state index in [4.69, 9.17) is 21.1 Å². The number of aromatic nitrogens is 2. The number of amides is 1. The molecule has 2 aromatic heterocycles. The van der Waals surface area contributed by atoms with Crippen LogP contribution in [0.5, 0.6) is 5.88 Å². The number of nitro benzene ring substituents is 1. The van der Waals surface area contributed by atoms with Crippen LogP contribution in [-0.2, 0) is 14.8 Å². The number of anilines is 4. The van der Waals surface area contributed by atoms with Crippen molar-refractivity contribution in [3.05, 3.63) is 111 Å². The minimum absolute atomic E-state index is 0.00577. The number of ether oxygens (including phenoxy) is 2. The van der Waals surface area contributed by atoms with Crippen LogP contribution in [0.3, 0.4) is 0 Å². The quantitative estimate of drug-likeness (QED) is 0.0811. The number of pyridine rings is 1. The predicted octanol–water partition coefficient (Wildman–Crippen LogP) is 8.10. The smallest absolute Gasteiger partial charge is 0.293 e. The topological polar surface area (TPSA) is 175 Å². The van der Waals surface area contributed by atoms with Crippen LogP contribution in [0.2, 0.25) is 5.02 Å². The van der Waals surface area contributed by atoms with Gasteiger partial charge in [-0.05, 0) is 72.2 Å². The van der Waals surface area contributed by atoms with Gasteiger partial charge in [-0.1, -0.05) is 29.3 Å². The molecule has 9 rings (SSSR count). The Kier molecular flexibility index (Phi) is 12.2. The molecule has 4 aliphatic rings. The molecule has 3 aromatic carbocycles. The van der Waals surface area contributed by atoms with E-state index < -0.39 is 43.0 Å². The first-order valence-electron chi connectivity index (χ1n) is 21.3. The molecule has 3 aliphatic heterocycles. The average molecular weight is 935 g/mol. The molecule has 1 amide bonds. The van der Waals surface area contributed by atoms with Crippen molar-refractivity contribution in [2.45, 2.75) is 48.6 Å². The number of halogens is 4. The summed E-state index contributed by atoms with van der Waals surface area (Å²) in [5, 5.41) is 16.2. The number of nitrogens with one attached hydrogen (secondary N) is 3. The minimum atomic E-state index is -4.69. The lowest BCUT2D eigenvalue weighted by atomic mass is 9.85. The fraction of sp³-hybridized carbons (Fsp3) is 0.378. The van der Waals surface area contributed by atoms with E-state index in [0.717, 1.165) is 34.3 Å². The maximum atomic E-state index is 15.3. The van der Waals surface area contributed by atoms with Crippen molar-refractivity contribution >= 4 is 72.6 Å². The van der Waals surface area contributed by atoms with Crippen molar-refractivity contribution in [3.63, 3.8) is 0 Å². The molecular weight excluding hydrogens is 889 g/mol. The van der Waals surface area contributed by atoms with E-state index >= 15 is 4.39 Å². The zero-order valence-corrected chi connectivity index (χ0v) is 36.7. The van der Waals surface area contributed by atoms with E-state index in [2.05, 4.69) is 29.8 Å². The van der Waals surface area contributed by atoms with Gasteiger partial charge in [-0.2, -0.15) is 4.98 Å². The van der Waals surface area contributed by atoms with Gasteiger partial charge >= 0.3 is 0 Å². The van der Waals surface area contributed by atoms with Crippen LogP contribution in [0.1, 0.15) is 48.0 Å². The highest BCUT2D eigenvalue weighted by Gasteiger charge is 2.37. The summed E-state index contributed by atoms with van der Waals surface area (Å²) in [6.07, 6.45) is 1.71. The first kappa shape index (κ1) is 44.3. The molecule has 2 saturated heterocycles. The summed E-state index contributed by atoms with van der Waals surface area (Å²) in [7, 11) is -4.69. The van der Waals surface area contributed by atoms with Crippen LogP contribution < -0.4 is 24.6 Å². The minimum Gasteiger partial charge on any atom is -0.474 e. The molecule has 342 valence electrons. The lowest BCUT2D eigenvalue weighted by Crippen LogP contribution is -2.47. The van der Waals surface area contributed by atoms with E-state index in [0.29, 0.717) is 66.2 Å². The van der Waals surface area contributed by atoms with Crippen LogP contribution in [0.15, 0.2) is 89.5 Å². The highest BCUT2D eigenvalue weighted by molar-refractivity contribution is 7.90. The fourth-order valence-corrected chi connectivity index (χ4v) is 10.0. The zero-order valence-electron chi connectivity index (χ0n) is 35.1. The number of hydrogen-bond donors (Lipinski definition) is 3. The Morgan fingerprint density at radius 1 is 0.923 bits per heavy atom. The number of H-pyrrole nitrogens is 1. The summed E-state index contributed by atoms with van der Waals surface area (Å²) in [5.74, 6) is -3.45. The van der Waals surface area contributed by atoms with Gasteiger partial charge in [0.25, 0.3) is 27.5 Å². The number of aromatic amines is 1. The van der Waals surface area contributed by atoms with Gasteiger partial charge in [0, 0.05) is 107 Å². The van der Waals surface area contributed by atoms with E-state index in [9.17, 15) is 32.1 Å². The monoisotopic (exact) mass is 934 g/mol. The van der Waals surface area contributed by atoms with Gasteiger partial charge in [-0.25, -0.2) is 26.3 Å². The number of benzene rings is 3. The van der Waals surface area contributed by atoms with Crippen molar-refractivity contribution in [1.82, 2.24) is 19.6 Å². The number of nitro groups is 1. The fourth-order valence-electron chi connectivity index (χ4n) is 8.89. The molecule has 20 heteroatoms. The second kappa shape index (κ2) is 17.8. The van der Waals surface area contributed by atoms with Crippen LogP contribution in [0.25, 0.3) is 16.6 Å². The Morgan fingerprint density at radius 2 is 1.69 bits per heavy atom. The summed E-state index contributed by atoms with van der Waals surface area (Å²) >= 11 is 6.11. The van der Waals surface area contributed by atoms with Gasteiger partial charge in [-0.15, -0.1) is 0 Å². The third kappa shape index (κ3) is 9.59. The molecule has 3 N–H and O–H groups in total. The second-order valence-electron chi connectivity index (χ2n) is 16.8. The summed E-state index contributed by atoms with van der Waals surface area (Å²) < 4.78 is 85.7. The van der Waals surface area contributed by atoms with Gasteiger partial charge in [0.05, 0.1) is 27.6 Å². The van der Waals surface area contributed by atoms with Crippen LogP contribution in [0, 0.1) is 10.1 Å². The van der Waals surface area contributed by atoms with Crippen molar-refractivity contribution in [2.75, 3.05) is 80.8 Å². The van der Waals surface area contributed by atoms with Crippen LogP contribution in [-0.4, -0.2) is 111 Å². The van der Waals surface area contributed by atoms with Gasteiger partial charge < -0.3 is 29.6 Å². The van der Waals surface area contributed by atoms with Crippen molar-refractivity contribution in [2.24, 2.45) is 0 Å². The third-order valence-corrected chi connectivity index (χ3v) is 14.1. The number of rotatable bonds is 12. The maximum Gasteiger partial charge on any atom is 0.293 e. The molecule has 0 unspecified atom stereocenters. The highest BCUT2D eigenvalue weighted by Crippen LogP contribution is 2.43. The molecular formula is C45H46ClF3N8O7S. The van der Waals surface area contributed by atoms with Gasteiger partial charge in [0.1, 0.15) is 29.3 Å². The maximum absolute atomic E-state index is 15.3.